The number of nitrogens with one attached hydrogen (secondary N) is 1. The third-order valence-electron chi connectivity index (χ3n) is 2.28. The normalized spacial score (nSPS) is 13.8. The topological polar surface area (TPSA) is 50.4 Å². The Labute approximate surface area is 83.3 Å². The smallest absolute Gasteiger partial charge is 0.0645 e. The average Bonchev–Trinajstić information content (AvgIpc) is 2.26. The van der Waals surface area contributed by atoms with Crippen molar-refractivity contribution in [3.63, 3.8) is 0 Å². The van der Waals surface area contributed by atoms with Crippen molar-refractivity contribution in [2.75, 3.05) is 25.0 Å². The molecule has 0 fully saturated rings. The third kappa shape index (κ3) is 1.93. The lowest BCUT2D eigenvalue weighted by Crippen LogP contribution is -2.28. The summed E-state index contributed by atoms with van der Waals surface area (Å²) < 4.78 is 0. The highest BCUT2D eigenvalue weighted by Crippen LogP contribution is 1.99. The maximum atomic E-state index is 5.43. The fraction of sp³-hybridized carbons (Fsp3) is 0.364. The molecule has 0 unspecified atom stereocenters. The summed E-state index contributed by atoms with van der Waals surface area (Å²) in [4.78, 5) is 4.43. The molecule has 0 atom stereocenters. The fourth-order valence-corrected chi connectivity index (χ4v) is 1.59. The monoisotopic (exact) mass is 189 g/mol. The first kappa shape index (κ1) is 9.21. The van der Waals surface area contributed by atoms with Crippen LogP contribution >= 0.6 is 0 Å². The lowest BCUT2D eigenvalue weighted by Gasteiger charge is -2.05. The first-order valence-electron chi connectivity index (χ1n) is 4.99. The molecule has 1 aliphatic heterocycles. The Bertz CT molecular complexity index is 423. The molecule has 1 aliphatic rings. The summed E-state index contributed by atoms with van der Waals surface area (Å²) in [7, 11) is 0. The molecule has 1 aromatic carbocycles. The minimum absolute atomic E-state index is 0.658. The van der Waals surface area contributed by atoms with Crippen molar-refractivity contribution < 1.29 is 0 Å². The standard InChI is InChI=1S/C11H15N3/c12-5-7-13-10-3-4-11-9(8-10)2-1-6-14-11/h2-4,8,13H,1,5-7,12H2. The van der Waals surface area contributed by atoms with E-state index in [1.54, 1.807) is 0 Å². The molecule has 74 valence electrons. The number of anilines is 1. The summed E-state index contributed by atoms with van der Waals surface area (Å²) in [6.07, 6.45) is 3.28. The maximum absolute atomic E-state index is 5.43. The molecule has 0 aromatic heterocycles. The largest absolute Gasteiger partial charge is 0.384 e. The minimum Gasteiger partial charge on any atom is -0.384 e. The van der Waals surface area contributed by atoms with Gasteiger partial charge in [0.05, 0.1) is 5.36 Å². The van der Waals surface area contributed by atoms with Gasteiger partial charge in [-0.05, 0) is 29.8 Å². The third-order valence-corrected chi connectivity index (χ3v) is 2.28. The Morgan fingerprint density at radius 1 is 1.43 bits per heavy atom. The molecule has 0 amide bonds. The van der Waals surface area contributed by atoms with Crippen molar-refractivity contribution in [3.8, 4) is 0 Å². The van der Waals surface area contributed by atoms with Crippen molar-refractivity contribution in [3.05, 3.63) is 28.8 Å². The molecule has 1 heterocycles. The lowest BCUT2D eigenvalue weighted by atomic mass is 10.2. The van der Waals surface area contributed by atoms with Crippen LogP contribution in [-0.4, -0.2) is 19.6 Å². The molecule has 0 saturated carbocycles. The van der Waals surface area contributed by atoms with Gasteiger partial charge in [0, 0.05) is 25.3 Å². The van der Waals surface area contributed by atoms with E-state index in [2.05, 4.69) is 34.6 Å². The van der Waals surface area contributed by atoms with Crippen LogP contribution < -0.4 is 21.6 Å². The molecule has 0 bridgehead atoms. The van der Waals surface area contributed by atoms with Gasteiger partial charge in [0.25, 0.3) is 0 Å². The fourth-order valence-electron chi connectivity index (χ4n) is 1.59. The Morgan fingerprint density at radius 2 is 2.36 bits per heavy atom. The Morgan fingerprint density at radius 3 is 3.21 bits per heavy atom. The van der Waals surface area contributed by atoms with Crippen LogP contribution in [0.1, 0.15) is 6.42 Å². The molecule has 0 saturated heterocycles. The Kier molecular flexibility index (Phi) is 2.79. The van der Waals surface area contributed by atoms with E-state index in [-0.39, 0.29) is 0 Å². The second-order valence-corrected chi connectivity index (χ2v) is 3.36. The molecule has 1 aromatic rings. The number of rotatable bonds is 3. The van der Waals surface area contributed by atoms with Gasteiger partial charge in [0.1, 0.15) is 0 Å². The number of fused-ring (bicyclic) bond motifs is 1. The van der Waals surface area contributed by atoms with Gasteiger partial charge < -0.3 is 11.1 Å². The van der Waals surface area contributed by atoms with Gasteiger partial charge >= 0.3 is 0 Å². The van der Waals surface area contributed by atoms with E-state index < -0.39 is 0 Å². The van der Waals surface area contributed by atoms with Gasteiger partial charge in [-0.3, -0.25) is 4.99 Å². The lowest BCUT2D eigenvalue weighted by molar-refractivity contribution is 0.959. The summed E-state index contributed by atoms with van der Waals surface area (Å²) >= 11 is 0. The SMILES string of the molecule is NCCNc1ccc2c(c1)=CCCN=2. The first-order chi connectivity index (χ1) is 6.90. The predicted molar refractivity (Wildman–Crippen MR) is 58.7 cm³/mol. The molecular weight excluding hydrogens is 174 g/mol. The van der Waals surface area contributed by atoms with Crippen LogP contribution in [0.15, 0.2) is 23.2 Å². The van der Waals surface area contributed by atoms with Gasteiger partial charge in [-0.1, -0.05) is 6.08 Å². The number of hydrogen-bond acceptors (Lipinski definition) is 3. The van der Waals surface area contributed by atoms with Gasteiger partial charge in [0.15, 0.2) is 0 Å². The van der Waals surface area contributed by atoms with E-state index in [0.29, 0.717) is 6.54 Å². The zero-order valence-electron chi connectivity index (χ0n) is 8.16. The minimum atomic E-state index is 0.658. The second-order valence-electron chi connectivity index (χ2n) is 3.36. The molecule has 3 N–H and O–H groups in total. The van der Waals surface area contributed by atoms with Crippen molar-refractivity contribution in [1.82, 2.24) is 0 Å². The van der Waals surface area contributed by atoms with Crippen LogP contribution in [0.3, 0.4) is 0 Å². The number of nitrogens with zero attached hydrogens (tertiary/aromatic N) is 1. The molecule has 0 spiro atoms. The van der Waals surface area contributed by atoms with Crippen molar-refractivity contribution in [2.45, 2.75) is 6.42 Å². The summed E-state index contributed by atoms with van der Waals surface area (Å²) in [6.45, 7) is 2.39. The van der Waals surface area contributed by atoms with Crippen LogP contribution in [-0.2, 0) is 0 Å². The van der Waals surface area contributed by atoms with Crippen molar-refractivity contribution >= 4 is 11.8 Å². The van der Waals surface area contributed by atoms with Crippen molar-refractivity contribution in [2.24, 2.45) is 10.7 Å². The predicted octanol–water partition coefficient (Wildman–Crippen LogP) is -0.139. The zero-order chi connectivity index (χ0) is 9.80. The second kappa shape index (κ2) is 4.24. The van der Waals surface area contributed by atoms with E-state index >= 15 is 0 Å². The first-order valence-corrected chi connectivity index (χ1v) is 4.99. The van der Waals surface area contributed by atoms with E-state index in [0.717, 1.165) is 30.6 Å². The van der Waals surface area contributed by atoms with E-state index in [9.17, 15) is 0 Å². The molecular formula is C11H15N3. The van der Waals surface area contributed by atoms with E-state index in [1.807, 2.05) is 0 Å². The summed E-state index contributed by atoms with van der Waals surface area (Å²) in [5.41, 5.74) is 6.55. The maximum Gasteiger partial charge on any atom is 0.0645 e. The van der Waals surface area contributed by atoms with Crippen LogP contribution in [0.25, 0.3) is 6.08 Å². The zero-order valence-corrected chi connectivity index (χ0v) is 8.16. The van der Waals surface area contributed by atoms with Crippen molar-refractivity contribution in [1.29, 1.82) is 0 Å². The molecule has 14 heavy (non-hydrogen) atoms. The Hall–Kier alpha value is -1.35. The van der Waals surface area contributed by atoms with E-state index in [1.165, 1.54) is 5.22 Å². The van der Waals surface area contributed by atoms with Crippen LogP contribution in [0, 0.1) is 0 Å². The van der Waals surface area contributed by atoms with Gasteiger partial charge in [-0.15, -0.1) is 0 Å². The van der Waals surface area contributed by atoms with Crippen LogP contribution in [0.2, 0.25) is 0 Å². The van der Waals surface area contributed by atoms with Crippen LogP contribution in [0.4, 0.5) is 5.69 Å². The van der Waals surface area contributed by atoms with Gasteiger partial charge in [-0.2, -0.15) is 0 Å². The van der Waals surface area contributed by atoms with E-state index in [4.69, 9.17) is 5.73 Å². The number of hydrogen-bond donors (Lipinski definition) is 2. The Balaban J connectivity index is 2.30. The number of benzene rings is 1. The quantitative estimate of drug-likeness (QED) is 0.695. The molecule has 3 nitrogen and oxygen atoms in total. The molecule has 2 rings (SSSR count). The highest BCUT2D eigenvalue weighted by Gasteiger charge is 1.95. The number of nitrogens with two attached hydrogens (primary N) is 1. The van der Waals surface area contributed by atoms with Gasteiger partial charge in [0.2, 0.25) is 0 Å². The highest BCUT2D eigenvalue weighted by molar-refractivity contribution is 5.45. The van der Waals surface area contributed by atoms with Gasteiger partial charge in [-0.25, -0.2) is 0 Å². The summed E-state index contributed by atoms with van der Waals surface area (Å²) in [5, 5.41) is 5.60. The van der Waals surface area contributed by atoms with Crippen LogP contribution in [0.5, 0.6) is 0 Å². The molecule has 0 aliphatic carbocycles. The summed E-state index contributed by atoms with van der Waals surface area (Å²) in [5.74, 6) is 0. The summed E-state index contributed by atoms with van der Waals surface area (Å²) in [6, 6.07) is 6.24. The highest BCUT2D eigenvalue weighted by atomic mass is 14.9. The molecule has 3 heteroatoms. The average molecular weight is 189 g/mol. The molecule has 0 radical (unpaired) electrons.